The average Bonchev–Trinajstić information content (AvgIpc) is 3.22. The van der Waals surface area contributed by atoms with E-state index in [1.165, 1.54) is 6.08 Å². The van der Waals surface area contributed by atoms with Gasteiger partial charge < -0.3 is 9.15 Å². The van der Waals surface area contributed by atoms with Crippen molar-refractivity contribution in [3.63, 3.8) is 0 Å². The molecule has 1 heterocycles. The number of hydrogen-bond acceptors (Lipinski definition) is 4. The molecular formula is C25H24O4. The van der Waals surface area contributed by atoms with E-state index in [1.807, 2.05) is 56.3 Å². The highest BCUT2D eigenvalue weighted by Gasteiger charge is 2.09. The summed E-state index contributed by atoms with van der Waals surface area (Å²) < 4.78 is 11.0. The maximum Gasteiger partial charge on any atom is 0.338 e. The molecule has 0 saturated carbocycles. The van der Waals surface area contributed by atoms with Gasteiger partial charge in [0.15, 0.2) is 5.78 Å². The number of ketones is 1. The van der Waals surface area contributed by atoms with Gasteiger partial charge in [-0.25, -0.2) is 4.79 Å². The lowest BCUT2D eigenvalue weighted by Crippen LogP contribution is -2.05. The van der Waals surface area contributed by atoms with Crippen molar-refractivity contribution in [3.8, 4) is 11.3 Å². The first kappa shape index (κ1) is 20.3. The zero-order valence-electron chi connectivity index (χ0n) is 16.7. The SMILES string of the molecule is CCCCOC(=O)c1ccc(-c2ccc(/C=C/C(=O)c3ccc(C)cc3)o2)cc1. The summed E-state index contributed by atoms with van der Waals surface area (Å²) in [6.45, 7) is 4.47. The Morgan fingerprint density at radius 3 is 2.31 bits per heavy atom. The smallest absolute Gasteiger partial charge is 0.338 e. The molecule has 0 saturated heterocycles. The maximum absolute atomic E-state index is 12.2. The largest absolute Gasteiger partial charge is 0.462 e. The van der Waals surface area contributed by atoms with E-state index in [1.54, 1.807) is 24.3 Å². The van der Waals surface area contributed by atoms with Crippen molar-refractivity contribution in [1.82, 2.24) is 0 Å². The van der Waals surface area contributed by atoms with Gasteiger partial charge in [0.05, 0.1) is 12.2 Å². The van der Waals surface area contributed by atoms with Crippen LogP contribution in [-0.2, 0) is 4.74 Å². The zero-order valence-corrected chi connectivity index (χ0v) is 16.7. The fourth-order valence-electron chi connectivity index (χ4n) is 2.73. The molecule has 0 atom stereocenters. The molecule has 0 aliphatic carbocycles. The van der Waals surface area contributed by atoms with Gasteiger partial charge in [-0.2, -0.15) is 0 Å². The van der Waals surface area contributed by atoms with Crippen molar-refractivity contribution in [3.05, 3.63) is 89.2 Å². The molecule has 0 aliphatic heterocycles. The standard InChI is InChI=1S/C25H24O4/c1-3-4-17-28-25(27)21-11-9-20(10-12-21)24-16-14-22(29-24)13-15-23(26)19-7-5-18(2)6-8-19/h5-16H,3-4,17H2,1-2H3/b15-13+. The summed E-state index contributed by atoms with van der Waals surface area (Å²) in [5.41, 5.74) is 3.11. The number of benzene rings is 2. The van der Waals surface area contributed by atoms with E-state index in [0.29, 0.717) is 29.3 Å². The Morgan fingerprint density at radius 2 is 1.62 bits per heavy atom. The summed E-state index contributed by atoms with van der Waals surface area (Å²) in [6.07, 6.45) is 5.00. The van der Waals surface area contributed by atoms with E-state index in [0.717, 1.165) is 24.0 Å². The van der Waals surface area contributed by atoms with E-state index in [2.05, 4.69) is 0 Å². The van der Waals surface area contributed by atoms with E-state index < -0.39 is 0 Å². The molecule has 0 aliphatic rings. The number of aryl methyl sites for hydroxylation is 1. The normalized spacial score (nSPS) is 11.0. The van der Waals surface area contributed by atoms with Gasteiger partial charge >= 0.3 is 5.97 Å². The molecule has 4 nitrogen and oxygen atoms in total. The summed E-state index contributed by atoms with van der Waals surface area (Å²) in [5, 5.41) is 0. The summed E-state index contributed by atoms with van der Waals surface area (Å²) in [5.74, 6) is 0.860. The van der Waals surface area contributed by atoms with Gasteiger partial charge in [-0.3, -0.25) is 4.79 Å². The fraction of sp³-hybridized carbons (Fsp3) is 0.200. The van der Waals surface area contributed by atoms with Crippen LogP contribution in [0.15, 0.2) is 71.2 Å². The molecular weight excluding hydrogens is 364 g/mol. The molecule has 0 unspecified atom stereocenters. The van der Waals surface area contributed by atoms with Crippen LogP contribution < -0.4 is 0 Å². The van der Waals surface area contributed by atoms with Crippen molar-refractivity contribution < 1.29 is 18.7 Å². The second-order valence-corrected chi connectivity index (χ2v) is 6.83. The Labute approximate surface area is 170 Å². The van der Waals surface area contributed by atoms with Crippen LogP contribution in [0.4, 0.5) is 0 Å². The van der Waals surface area contributed by atoms with Gasteiger partial charge in [0, 0.05) is 11.1 Å². The highest BCUT2D eigenvalue weighted by Crippen LogP contribution is 2.23. The lowest BCUT2D eigenvalue weighted by molar-refractivity contribution is 0.0499. The Hall–Kier alpha value is -3.40. The minimum atomic E-state index is -0.317. The Bertz CT molecular complexity index is 992. The van der Waals surface area contributed by atoms with Crippen LogP contribution in [0.5, 0.6) is 0 Å². The second kappa shape index (κ2) is 9.69. The summed E-state index contributed by atoms with van der Waals surface area (Å²) >= 11 is 0. The predicted molar refractivity (Wildman–Crippen MR) is 114 cm³/mol. The highest BCUT2D eigenvalue weighted by atomic mass is 16.5. The van der Waals surface area contributed by atoms with Crippen molar-refractivity contribution in [2.24, 2.45) is 0 Å². The van der Waals surface area contributed by atoms with Crippen molar-refractivity contribution in [2.45, 2.75) is 26.7 Å². The number of allylic oxidation sites excluding steroid dienone is 1. The first-order valence-electron chi connectivity index (χ1n) is 9.73. The van der Waals surface area contributed by atoms with Crippen LogP contribution in [0.2, 0.25) is 0 Å². The molecule has 3 aromatic rings. The molecule has 0 fully saturated rings. The van der Waals surface area contributed by atoms with E-state index >= 15 is 0 Å². The molecule has 0 radical (unpaired) electrons. The molecule has 0 N–H and O–H groups in total. The molecule has 2 aromatic carbocycles. The number of unbranched alkanes of at least 4 members (excludes halogenated alkanes) is 1. The van der Waals surface area contributed by atoms with Crippen LogP contribution in [0.1, 0.15) is 51.8 Å². The molecule has 0 bridgehead atoms. The second-order valence-electron chi connectivity index (χ2n) is 6.83. The topological polar surface area (TPSA) is 56.5 Å². The molecule has 4 heteroatoms. The first-order chi connectivity index (χ1) is 14.1. The number of rotatable bonds is 8. The average molecular weight is 388 g/mol. The number of carbonyl (C=O) groups excluding carboxylic acids is 2. The summed E-state index contributed by atoms with van der Waals surface area (Å²) in [4.78, 5) is 24.2. The van der Waals surface area contributed by atoms with Gasteiger partial charge in [0.1, 0.15) is 11.5 Å². The number of hydrogen-bond donors (Lipinski definition) is 0. The number of carbonyl (C=O) groups is 2. The lowest BCUT2D eigenvalue weighted by atomic mass is 10.1. The van der Waals surface area contributed by atoms with Crippen LogP contribution in [-0.4, -0.2) is 18.4 Å². The monoisotopic (exact) mass is 388 g/mol. The Balaban J connectivity index is 1.64. The predicted octanol–water partition coefficient (Wildman–Crippen LogP) is 6.11. The van der Waals surface area contributed by atoms with Crippen LogP contribution >= 0.6 is 0 Å². The maximum atomic E-state index is 12.2. The van der Waals surface area contributed by atoms with Crippen LogP contribution in [0, 0.1) is 6.92 Å². The molecule has 0 spiro atoms. The third-order valence-electron chi connectivity index (χ3n) is 4.50. The summed E-state index contributed by atoms with van der Waals surface area (Å²) in [7, 11) is 0. The molecule has 148 valence electrons. The third-order valence-corrected chi connectivity index (χ3v) is 4.50. The number of esters is 1. The minimum Gasteiger partial charge on any atom is -0.462 e. The Kier molecular flexibility index (Phi) is 6.80. The van der Waals surface area contributed by atoms with Crippen molar-refractivity contribution in [1.29, 1.82) is 0 Å². The van der Waals surface area contributed by atoms with E-state index in [4.69, 9.17) is 9.15 Å². The fourth-order valence-corrected chi connectivity index (χ4v) is 2.73. The van der Waals surface area contributed by atoms with Crippen molar-refractivity contribution >= 4 is 17.8 Å². The van der Waals surface area contributed by atoms with Crippen LogP contribution in [0.3, 0.4) is 0 Å². The molecule has 0 amide bonds. The van der Waals surface area contributed by atoms with Gasteiger partial charge in [0.25, 0.3) is 0 Å². The highest BCUT2D eigenvalue weighted by molar-refractivity contribution is 6.06. The van der Waals surface area contributed by atoms with Gasteiger partial charge in [0.2, 0.25) is 0 Å². The summed E-state index contributed by atoms with van der Waals surface area (Å²) in [6, 6.07) is 18.2. The minimum absolute atomic E-state index is 0.0751. The third kappa shape index (κ3) is 5.55. The van der Waals surface area contributed by atoms with Gasteiger partial charge in [-0.15, -0.1) is 0 Å². The molecule has 3 rings (SSSR count). The molecule has 29 heavy (non-hydrogen) atoms. The van der Waals surface area contributed by atoms with Gasteiger partial charge in [-0.05, 0) is 49.8 Å². The number of furan rings is 1. The quantitative estimate of drug-likeness (QED) is 0.202. The van der Waals surface area contributed by atoms with Crippen LogP contribution in [0.25, 0.3) is 17.4 Å². The van der Waals surface area contributed by atoms with Gasteiger partial charge in [-0.1, -0.05) is 55.3 Å². The Morgan fingerprint density at radius 1 is 0.931 bits per heavy atom. The first-order valence-corrected chi connectivity index (χ1v) is 9.73. The lowest BCUT2D eigenvalue weighted by Gasteiger charge is -2.04. The van der Waals surface area contributed by atoms with Crippen molar-refractivity contribution in [2.75, 3.05) is 6.61 Å². The molecule has 1 aromatic heterocycles. The van der Waals surface area contributed by atoms with E-state index in [9.17, 15) is 9.59 Å². The number of ether oxygens (including phenoxy) is 1. The zero-order chi connectivity index (χ0) is 20.6. The van der Waals surface area contributed by atoms with E-state index in [-0.39, 0.29) is 11.8 Å².